The molecule has 6 atom stereocenters. The van der Waals surface area contributed by atoms with Crippen molar-refractivity contribution in [3.8, 4) is 0 Å². The highest BCUT2D eigenvalue weighted by atomic mass is 19.4. The van der Waals surface area contributed by atoms with Crippen LogP contribution in [0.2, 0.25) is 0 Å². The predicted octanol–water partition coefficient (Wildman–Crippen LogP) is 4.17. The third-order valence-corrected chi connectivity index (χ3v) is 9.25. The number of likely N-dealkylation sites (tertiary alicyclic amines) is 1. The Morgan fingerprint density at radius 1 is 1.28 bits per heavy atom. The summed E-state index contributed by atoms with van der Waals surface area (Å²) in [7, 11) is 1.75. The van der Waals surface area contributed by atoms with E-state index in [1.807, 2.05) is 9.80 Å². The van der Waals surface area contributed by atoms with E-state index in [1.54, 1.807) is 7.11 Å². The maximum Gasteiger partial charge on any atom is 0.451 e. The number of ether oxygens (including phenoxy) is 2. The zero-order chi connectivity index (χ0) is 25.7. The van der Waals surface area contributed by atoms with Gasteiger partial charge in [0.2, 0.25) is 11.7 Å². The highest BCUT2D eigenvalue weighted by Crippen LogP contribution is 2.52. The van der Waals surface area contributed by atoms with Crippen LogP contribution in [0.3, 0.4) is 0 Å². The maximum atomic E-state index is 14.1. The van der Waals surface area contributed by atoms with Gasteiger partial charge in [-0.05, 0) is 62.3 Å². The average molecular weight is 511 g/mol. The van der Waals surface area contributed by atoms with Crippen LogP contribution in [0.15, 0.2) is 12.3 Å². The van der Waals surface area contributed by atoms with Gasteiger partial charge in [-0.25, -0.2) is 9.97 Å². The van der Waals surface area contributed by atoms with E-state index in [2.05, 4.69) is 23.8 Å². The van der Waals surface area contributed by atoms with E-state index >= 15 is 0 Å². The van der Waals surface area contributed by atoms with Crippen molar-refractivity contribution in [2.24, 2.45) is 23.2 Å². The number of fused-ring (bicyclic) bond motifs is 2. The minimum atomic E-state index is -4.58. The van der Waals surface area contributed by atoms with E-state index in [0.717, 1.165) is 45.1 Å². The summed E-state index contributed by atoms with van der Waals surface area (Å²) in [6.45, 7) is 6.79. The van der Waals surface area contributed by atoms with Crippen LogP contribution < -0.4 is 4.90 Å². The molecule has 1 aliphatic carbocycles. The zero-order valence-electron chi connectivity index (χ0n) is 21.3. The molecule has 0 spiro atoms. The lowest BCUT2D eigenvalue weighted by molar-refractivity contribution is -0.146. The molecule has 0 radical (unpaired) electrons. The molecule has 10 heteroatoms. The molecule has 1 amide bonds. The maximum absolute atomic E-state index is 14.1. The minimum absolute atomic E-state index is 0.00911. The molecule has 3 saturated heterocycles. The van der Waals surface area contributed by atoms with Gasteiger partial charge in [-0.15, -0.1) is 0 Å². The van der Waals surface area contributed by atoms with Gasteiger partial charge >= 0.3 is 6.18 Å². The molecule has 4 fully saturated rings. The summed E-state index contributed by atoms with van der Waals surface area (Å²) in [5.41, 5.74) is -0.369. The number of alkyl halides is 3. The van der Waals surface area contributed by atoms with E-state index in [1.165, 1.54) is 12.3 Å². The molecule has 0 aromatic carbocycles. The molecule has 1 aromatic heterocycles. The van der Waals surface area contributed by atoms with Gasteiger partial charge in [-0.3, -0.25) is 4.79 Å². The normalized spacial score (nSPS) is 34.7. The summed E-state index contributed by atoms with van der Waals surface area (Å²) >= 11 is 0. The monoisotopic (exact) mass is 510 g/mol. The third kappa shape index (κ3) is 4.59. The van der Waals surface area contributed by atoms with Crippen molar-refractivity contribution in [3.63, 3.8) is 0 Å². The highest BCUT2D eigenvalue weighted by molar-refractivity contribution is 5.84. The average Bonchev–Trinajstić information content (AvgIpc) is 3.58. The number of aromatic nitrogens is 2. The fraction of sp³-hybridized carbons (Fsp3) is 0.808. The van der Waals surface area contributed by atoms with Gasteiger partial charge in [0.15, 0.2) is 0 Å². The number of hydrogen-bond donors (Lipinski definition) is 0. The third-order valence-electron chi connectivity index (χ3n) is 9.25. The number of carbonyl (C=O) groups excluding carboxylic acids is 1. The molecule has 7 nitrogen and oxygen atoms in total. The van der Waals surface area contributed by atoms with Gasteiger partial charge in [0.1, 0.15) is 5.82 Å². The molecule has 0 N–H and O–H groups in total. The molecular formula is C26H37F3N4O3. The number of rotatable bonds is 6. The Balaban J connectivity index is 1.26. The first-order valence-electron chi connectivity index (χ1n) is 13.2. The van der Waals surface area contributed by atoms with Gasteiger partial charge in [0.05, 0.1) is 30.2 Å². The van der Waals surface area contributed by atoms with E-state index < -0.39 is 12.0 Å². The first-order valence-corrected chi connectivity index (χ1v) is 13.2. The molecular weight excluding hydrogens is 473 g/mol. The highest BCUT2D eigenvalue weighted by Gasteiger charge is 2.54. The summed E-state index contributed by atoms with van der Waals surface area (Å²) in [6, 6.07) is 1.53. The van der Waals surface area contributed by atoms with Crippen molar-refractivity contribution in [1.29, 1.82) is 0 Å². The predicted molar refractivity (Wildman–Crippen MR) is 127 cm³/mol. The molecule has 36 heavy (non-hydrogen) atoms. The Bertz CT molecular complexity index is 961. The van der Waals surface area contributed by atoms with Gasteiger partial charge in [0, 0.05) is 33.0 Å². The number of carbonyl (C=O) groups is 1. The Morgan fingerprint density at radius 2 is 2.08 bits per heavy atom. The Morgan fingerprint density at radius 3 is 2.75 bits per heavy atom. The smallest absolute Gasteiger partial charge is 0.379 e. The Labute approximate surface area is 210 Å². The van der Waals surface area contributed by atoms with Crippen LogP contribution in [0.1, 0.15) is 58.2 Å². The van der Waals surface area contributed by atoms with Crippen LogP contribution in [0.25, 0.3) is 0 Å². The summed E-state index contributed by atoms with van der Waals surface area (Å²) in [6.07, 6.45) is 2.40. The molecule has 200 valence electrons. The molecule has 4 aliphatic rings. The summed E-state index contributed by atoms with van der Waals surface area (Å²) < 4.78 is 50.6. The van der Waals surface area contributed by atoms with Crippen molar-refractivity contribution in [2.45, 2.75) is 76.7 Å². The summed E-state index contributed by atoms with van der Waals surface area (Å²) in [5, 5.41) is 0. The van der Waals surface area contributed by atoms with Gasteiger partial charge in [-0.1, -0.05) is 13.8 Å². The van der Waals surface area contributed by atoms with E-state index in [9.17, 15) is 18.0 Å². The number of hydrogen-bond acceptors (Lipinski definition) is 6. The fourth-order valence-corrected chi connectivity index (χ4v) is 7.19. The molecule has 1 saturated carbocycles. The molecule has 5 rings (SSSR count). The second kappa shape index (κ2) is 9.74. The fourth-order valence-electron chi connectivity index (χ4n) is 7.19. The van der Waals surface area contributed by atoms with Crippen molar-refractivity contribution in [3.05, 3.63) is 18.1 Å². The SMILES string of the molecule is CO[C@@H]1COCC[C@@H]1C[C@@H]1CC[C@@](C(=O)N2C[C@H]3C[C@@H]2CN3c2ccnc(C(F)(F)F)n2)(C(C)C)C1. The molecule has 1 aromatic rings. The second-order valence-corrected chi connectivity index (χ2v) is 11.4. The lowest BCUT2D eigenvalue weighted by Gasteiger charge is -2.42. The van der Waals surface area contributed by atoms with E-state index in [-0.39, 0.29) is 35.4 Å². The number of methoxy groups -OCH3 is 1. The number of halogens is 3. The number of nitrogens with zero attached hydrogens (tertiary/aromatic N) is 4. The summed E-state index contributed by atoms with van der Waals surface area (Å²) in [4.78, 5) is 25.2. The molecule has 3 aliphatic heterocycles. The number of piperazine rings is 1. The van der Waals surface area contributed by atoms with Crippen molar-refractivity contribution >= 4 is 11.7 Å². The lowest BCUT2D eigenvalue weighted by Crippen LogP contribution is -2.54. The van der Waals surface area contributed by atoms with E-state index in [0.29, 0.717) is 37.4 Å². The minimum Gasteiger partial charge on any atom is -0.379 e. The van der Waals surface area contributed by atoms with Crippen LogP contribution in [0.4, 0.5) is 19.0 Å². The Hall–Kier alpha value is -1.94. The van der Waals surface area contributed by atoms with Crippen LogP contribution in [-0.4, -0.2) is 72.4 Å². The first-order chi connectivity index (χ1) is 17.1. The van der Waals surface area contributed by atoms with Crippen LogP contribution >= 0.6 is 0 Å². The number of anilines is 1. The lowest BCUT2D eigenvalue weighted by atomic mass is 9.73. The Kier molecular flexibility index (Phi) is 6.95. The molecule has 4 heterocycles. The van der Waals surface area contributed by atoms with Crippen LogP contribution in [0, 0.1) is 23.2 Å². The second-order valence-electron chi connectivity index (χ2n) is 11.4. The standard InChI is InChI=1S/C26H37F3N4O3/c1-16(2)25(7-4-17(12-25)10-18-6-9-36-15-21(18)35-3)24(34)33-14-19-11-20(33)13-32(19)22-5-8-30-23(31-22)26(27,28)29/h5,8,16-21H,4,6-7,9-15H2,1-3H3/t17-,18+,19+,20+,21+,25-/m0/s1. The molecule has 2 bridgehead atoms. The first kappa shape index (κ1) is 25.7. The van der Waals surface area contributed by atoms with Gasteiger partial charge in [-0.2, -0.15) is 13.2 Å². The molecule has 0 unspecified atom stereocenters. The largest absolute Gasteiger partial charge is 0.451 e. The van der Waals surface area contributed by atoms with E-state index in [4.69, 9.17) is 9.47 Å². The number of amides is 1. The van der Waals surface area contributed by atoms with Gasteiger partial charge < -0.3 is 19.3 Å². The quantitative estimate of drug-likeness (QED) is 0.572. The topological polar surface area (TPSA) is 67.8 Å². The summed E-state index contributed by atoms with van der Waals surface area (Å²) in [5.74, 6) is 0.607. The van der Waals surface area contributed by atoms with Crippen molar-refractivity contribution < 1.29 is 27.4 Å². The van der Waals surface area contributed by atoms with Crippen LogP contribution in [0.5, 0.6) is 0 Å². The van der Waals surface area contributed by atoms with Crippen molar-refractivity contribution in [1.82, 2.24) is 14.9 Å². The van der Waals surface area contributed by atoms with Crippen molar-refractivity contribution in [2.75, 3.05) is 38.3 Å². The van der Waals surface area contributed by atoms with Gasteiger partial charge in [0.25, 0.3) is 0 Å². The zero-order valence-corrected chi connectivity index (χ0v) is 21.3. The van der Waals surface area contributed by atoms with Crippen LogP contribution in [-0.2, 0) is 20.4 Å².